The number of carboxylic acids is 1. The van der Waals surface area contributed by atoms with Gasteiger partial charge in [0.05, 0.1) is 5.69 Å². The third kappa shape index (κ3) is 2.65. The third-order valence-corrected chi connectivity index (χ3v) is 3.40. The van der Waals surface area contributed by atoms with E-state index in [-0.39, 0.29) is 5.56 Å². The third-order valence-electron chi connectivity index (χ3n) is 3.40. The lowest BCUT2D eigenvalue weighted by Gasteiger charge is -2.26. The Bertz CT molecular complexity index is 659. The molecule has 1 aromatic heterocycles. The van der Waals surface area contributed by atoms with E-state index in [4.69, 9.17) is 4.52 Å². The number of aryl methyl sites for hydroxylation is 2. The van der Waals surface area contributed by atoms with Crippen LogP contribution in [-0.4, -0.2) is 22.1 Å². The Kier molecular flexibility index (Phi) is 3.80. The molecule has 110 valence electrons. The average molecular weight is 288 g/mol. The van der Waals surface area contributed by atoms with E-state index in [1.165, 1.54) is 6.92 Å². The monoisotopic (exact) mass is 288 g/mol. The van der Waals surface area contributed by atoms with E-state index in [0.717, 1.165) is 0 Å². The van der Waals surface area contributed by atoms with Crippen LogP contribution in [-0.2, 0) is 10.3 Å². The number of rotatable bonds is 4. The van der Waals surface area contributed by atoms with Crippen molar-refractivity contribution >= 4 is 11.9 Å². The summed E-state index contributed by atoms with van der Waals surface area (Å²) in [6.07, 6.45) is 0. The summed E-state index contributed by atoms with van der Waals surface area (Å²) in [5.74, 6) is -1.32. The van der Waals surface area contributed by atoms with Gasteiger partial charge in [0, 0.05) is 0 Å². The van der Waals surface area contributed by atoms with E-state index >= 15 is 0 Å². The number of nitrogens with zero attached hydrogens (tertiary/aromatic N) is 1. The molecule has 0 saturated carbocycles. The van der Waals surface area contributed by atoms with Gasteiger partial charge in [0.15, 0.2) is 5.54 Å². The summed E-state index contributed by atoms with van der Waals surface area (Å²) in [4.78, 5) is 24.0. The maximum atomic E-state index is 12.4. The molecule has 0 radical (unpaired) electrons. The zero-order valence-electron chi connectivity index (χ0n) is 12.0. The first-order valence-corrected chi connectivity index (χ1v) is 6.40. The summed E-state index contributed by atoms with van der Waals surface area (Å²) in [6, 6.07) is 8.53. The quantitative estimate of drug-likeness (QED) is 0.898. The molecular formula is C15H16N2O4. The first kappa shape index (κ1) is 14.8. The largest absolute Gasteiger partial charge is 0.479 e. The van der Waals surface area contributed by atoms with E-state index in [1.54, 1.807) is 44.2 Å². The second kappa shape index (κ2) is 5.40. The number of aliphatic carboxylic acids is 1. The van der Waals surface area contributed by atoms with Gasteiger partial charge >= 0.3 is 5.97 Å². The van der Waals surface area contributed by atoms with Gasteiger partial charge in [-0.2, -0.15) is 0 Å². The average Bonchev–Trinajstić information content (AvgIpc) is 2.78. The summed E-state index contributed by atoms with van der Waals surface area (Å²) in [6.45, 7) is 4.68. The molecule has 0 fully saturated rings. The smallest absolute Gasteiger partial charge is 0.333 e. The Labute approximate surface area is 121 Å². The van der Waals surface area contributed by atoms with Crippen LogP contribution in [0.3, 0.4) is 0 Å². The van der Waals surface area contributed by atoms with E-state index < -0.39 is 17.4 Å². The molecule has 21 heavy (non-hydrogen) atoms. The first-order valence-electron chi connectivity index (χ1n) is 6.40. The topological polar surface area (TPSA) is 92.4 Å². The van der Waals surface area contributed by atoms with Gasteiger partial charge in [-0.05, 0) is 26.3 Å². The highest BCUT2D eigenvalue weighted by molar-refractivity contribution is 5.99. The van der Waals surface area contributed by atoms with Gasteiger partial charge in [0.25, 0.3) is 5.91 Å². The Morgan fingerprint density at radius 3 is 2.33 bits per heavy atom. The zero-order valence-corrected chi connectivity index (χ0v) is 12.0. The van der Waals surface area contributed by atoms with Gasteiger partial charge < -0.3 is 14.9 Å². The molecule has 0 spiro atoms. The fraction of sp³-hybridized carbons (Fsp3) is 0.267. The molecule has 0 bridgehead atoms. The number of benzene rings is 1. The van der Waals surface area contributed by atoms with Crippen molar-refractivity contribution in [2.24, 2.45) is 0 Å². The molecular weight excluding hydrogens is 272 g/mol. The maximum Gasteiger partial charge on any atom is 0.333 e. The van der Waals surface area contributed by atoms with Gasteiger partial charge in [0.1, 0.15) is 11.3 Å². The lowest BCUT2D eigenvalue weighted by molar-refractivity contribution is -0.144. The summed E-state index contributed by atoms with van der Waals surface area (Å²) in [7, 11) is 0. The molecule has 2 rings (SSSR count). The van der Waals surface area contributed by atoms with Crippen LogP contribution in [0.5, 0.6) is 0 Å². The highest BCUT2D eigenvalue weighted by Gasteiger charge is 2.38. The molecule has 0 saturated heterocycles. The van der Waals surface area contributed by atoms with Crippen molar-refractivity contribution in [3.8, 4) is 0 Å². The molecule has 1 atom stereocenters. The van der Waals surface area contributed by atoms with Crippen LogP contribution < -0.4 is 5.32 Å². The predicted octanol–water partition coefficient (Wildman–Crippen LogP) is 2.02. The van der Waals surface area contributed by atoms with E-state index in [0.29, 0.717) is 17.0 Å². The number of amides is 1. The Morgan fingerprint density at radius 2 is 1.86 bits per heavy atom. The molecule has 1 heterocycles. The van der Waals surface area contributed by atoms with Crippen LogP contribution in [0.2, 0.25) is 0 Å². The predicted molar refractivity (Wildman–Crippen MR) is 74.9 cm³/mol. The van der Waals surface area contributed by atoms with Crippen LogP contribution in [0.25, 0.3) is 0 Å². The van der Waals surface area contributed by atoms with Crippen molar-refractivity contribution in [3.63, 3.8) is 0 Å². The molecule has 6 heteroatoms. The summed E-state index contributed by atoms with van der Waals surface area (Å²) >= 11 is 0. The minimum atomic E-state index is -1.53. The molecule has 0 aliphatic rings. The number of aromatic nitrogens is 1. The molecule has 1 unspecified atom stereocenters. The van der Waals surface area contributed by atoms with Crippen molar-refractivity contribution in [2.45, 2.75) is 26.3 Å². The molecule has 1 amide bonds. The minimum Gasteiger partial charge on any atom is -0.479 e. The van der Waals surface area contributed by atoms with Crippen molar-refractivity contribution in [2.75, 3.05) is 0 Å². The maximum absolute atomic E-state index is 12.4. The second-order valence-corrected chi connectivity index (χ2v) is 4.95. The fourth-order valence-corrected chi connectivity index (χ4v) is 2.12. The number of carboxylic acid groups (broad SMARTS) is 1. The summed E-state index contributed by atoms with van der Waals surface area (Å²) < 4.78 is 4.94. The second-order valence-electron chi connectivity index (χ2n) is 4.95. The lowest BCUT2D eigenvalue weighted by Crippen LogP contribution is -2.49. The highest BCUT2D eigenvalue weighted by Crippen LogP contribution is 2.23. The minimum absolute atomic E-state index is 0.262. The summed E-state index contributed by atoms with van der Waals surface area (Å²) in [5, 5.41) is 15.8. The molecule has 2 aromatic rings. The van der Waals surface area contributed by atoms with Crippen LogP contribution >= 0.6 is 0 Å². The standard InChI is InChI=1S/C15H16N2O4/c1-9-12(10(2)21-17-9)13(18)16-15(3,14(19)20)11-7-5-4-6-8-11/h4-8H,1-3H3,(H,16,18)(H,19,20). The van der Waals surface area contributed by atoms with Gasteiger partial charge in [-0.1, -0.05) is 35.5 Å². The fourth-order valence-electron chi connectivity index (χ4n) is 2.12. The van der Waals surface area contributed by atoms with E-state index in [2.05, 4.69) is 10.5 Å². The van der Waals surface area contributed by atoms with Gasteiger partial charge in [-0.25, -0.2) is 4.79 Å². The molecule has 0 aliphatic carbocycles. The Morgan fingerprint density at radius 1 is 1.24 bits per heavy atom. The van der Waals surface area contributed by atoms with E-state index in [1.807, 2.05) is 0 Å². The number of hydrogen-bond acceptors (Lipinski definition) is 4. The summed E-state index contributed by atoms with van der Waals surface area (Å²) in [5.41, 5.74) is -0.365. The van der Waals surface area contributed by atoms with Gasteiger partial charge in [0.2, 0.25) is 0 Å². The van der Waals surface area contributed by atoms with Crippen LogP contribution in [0.4, 0.5) is 0 Å². The molecule has 2 N–H and O–H groups in total. The number of nitrogens with one attached hydrogen (secondary N) is 1. The van der Waals surface area contributed by atoms with Crippen molar-refractivity contribution in [1.29, 1.82) is 0 Å². The van der Waals surface area contributed by atoms with Crippen molar-refractivity contribution < 1.29 is 19.2 Å². The van der Waals surface area contributed by atoms with Crippen molar-refractivity contribution in [3.05, 3.63) is 52.9 Å². The number of carbonyl (C=O) groups excluding carboxylic acids is 1. The Balaban J connectivity index is 2.38. The van der Waals surface area contributed by atoms with Crippen LogP contribution in [0.1, 0.15) is 34.3 Å². The van der Waals surface area contributed by atoms with Gasteiger partial charge in [-0.3, -0.25) is 4.79 Å². The zero-order chi connectivity index (χ0) is 15.6. The van der Waals surface area contributed by atoms with Crippen LogP contribution in [0.15, 0.2) is 34.9 Å². The Hall–Kier alpha value is -2.63. The highest BCUT2D eigenvalue weighted by atomic mass is 16.5. The SMILES string of the molecule is Cc1noc(C)c1C(=O)NC(C)(C(=O)O)c1ccccc1. The molecule has 6 nitrogen and oxygen atoms in total. The number of hydrogen-bond donors (Lipinski definition) is 2. The van der Waals surface area contributed by atoms with Crippen LogP contribution in [0, 0.1) is 13.8 Å². The van der Waals surface area contributed by atoms with Crippen molar-refractivity contribution in [1.82, 2.24) is 10.5 Å². The lowest BCUT2D eigenvalue weighted by atomic mass is 9.91. The first-order chi connectivity index (χ1) is 9.86. The molecule has 0 aliphatic heterocycles. The molecule has 1 aromatic carbocycles. The normalized spacial score (nSPS) is 13.5. The van der Waals surface area contributed by atoms with E-state index in [9.17, 15) is 14.7 Å². The van der Waals surface area contributed by atoms with Gasteiger partial charge in [-0.15, -0.1) is 0 Å². The number of carbonyl (C=O) groups is 2.